The summed E-state index contributed by atoms with van der Waals surface area (Å²) in [6, 6.07) is 19.3. The molecule has 1 unspecified atom stereocenters. The maximum atomic E-state index is 12.6. The van der Waals surface area contributed by atoms with Crippen molar-refractivity contribution in [3.05, 3.63) is 88.7 Å². The second-order valence-electron chi connectivity index (χ2n) is 9.47. The van der Waals surface area contributed by atoms with E-state index < -0.39 is 16.1 Å². The molecule has 9 heteroatoms. The molecule has 3 aromatic carbocycles. The molecule has 200 valence electrons. The maximum absolute atomic E-state index is 12.6. The molecule has 1 atom stereocenters. The van der Waals surface area contributed by atoms with Crippen LogP contribution in [0.3, 0.4) is 0 Å². The number of imidazole rings is 1. The van der Waals surface area contributed by atoms with Crippen molar-refractivity contribution in [2.24, 2.45) is 0 Å². The largest absolute Gasteiger partial charge is 0.334 e. The summed E-state index contributed by atoms with van der Waals surface area (Å²) in [5, 5.41) is 3.46. The van der Waals surface area contributed by atoms with Crippen molar-refractivity contribution in [2.75, 3.05) is 0 Å². The highest BCUT2D eigenvalue weighted by molar-refractivity contribution is 7.90. The summed E-state index contributed by atoms with van der Waals surface area (Å²) < 4.78 is 29.4. The summed E-state index contributed by atoms with van der Waals surface area (Å²) >= 11 is 6.29. The van der Waals surface area contributed by atoms with Crippen LogP contribution in [0.1, 0.15) is 50.1 Å². The lowest BCUT2D eigenvalue weighted by Crippen LogP contribution is -2.45. The van der Waals surface area contributed by atoms with Crippen molar-refractivity contribution >= 4 is 38.7 Å². The number of fused-ring (bicyclic) bond motifs is 1. The van der Waals surface area contributed by atoms with Crippen LogP contribution < -0.4 is 10.0 Å². The van der Waals surface area contributed by atoms with Crippen molar-refractivity contribution in [3.63, 3.8) is 0 Å². The summed E-state index contributed by atoms with van der Waals surface area (Å²) in [5.41, 5.74) is 4.84. The first-order valence-corrected chi connectivity index (χ1v) is 14.7. The smallest absolute Gasteiger partial charge is 0.328 e. The van der Waals surface area contributed by atoms with Gasteiger partial charge in [-0.2, -0.15) is 0 Å². The Morgan fingerprint density at radius 3 is 2.39 bits per heavy atom. The highest BCUT2D eigenvalue weighted by atomic mass is 35.5. The third-order valence-corrected chi connectivity index (χ3v) is 8.08. The SMILES string of the molecule is CCCCc1nc2ccc(Cl)cc2n1-c1ccc(CC(CC)NC(=O)NS(=O)(=O)c2ccc(C)cc2)cc1. The number of nitrogens with one attached hydrogen (secondary N) is 2. The van der Waals surface area contributed by atoms with E-state index >= 15 is 0 Å². The first-order chi connectivity index (χ1) is 18.2. The van der Waals surface area contributed by atoms with E-state index in [-0.39, 0.29) is 10.9 Å². The summed E-state index contributed by atoms with van der Waals surface area (Å²) in [6.07, 6.45) is 4.20. The molecule has 0 spiro atoms. The lowest BCUT2D eigenvalue weighted by Gasteiger charge is -2.18. The molecule has 0 saturated heterocycles. The van der Waals surface area contributed by atoms with Crippen molar-refractivity contribution < 1.29 is 13.2 Å². The van der Waals surface area contributed by atoms with Gasteiger partial charge in [0.2, 0.25) is 0 Å². The minimum atomic E-state index is -3.95. The van der Waals surface area contributed by atoms with E-state index in [9.17, 15) is 13.2 Å². The molecule has 7 nitrogen and oxygen atoms in total. The fraction of sp³-hybridized carbons (Fsp3) is 0.310. The van der Waals surface area contributed by atoms with Gasteiger partial charge in [-0.15, -0.1) is 0 Å². The van der Waals surface area contributed by atoms with Crippen LogP contribution in [0.4, 0.5) is 4.79 Å². The molecular weight excluding hydrogens is 520 g/mol. The van der Waals surface area contributed by atoms with E-state index in [2.05, 4.69) is 21.5 Å². The van der Waals surface area contributed by atoms with Crippen LogP contribution in [0.2, 0.25) is 5.02 Å². The minimum Gasteiger partial charge on any atom is -0.334 e. The molecule has 0 fully saturated rings. The van der Waals surface area contributed by atoms with Gasteiger partial charge in [0.25, 0.3) is 10.0 Å². The fourth-order valence-corrected chi connectivity index (χ4v) is 5.45. The Hall–Kier alpha value is -3.36. The Labute approximate surface area is 229 Å². The zero-order chi connectivity index (χ0) is 27.3. The van der Waals surface area contributed by atoms with Crippen LogP contribution >= 0.6 is 11.6 Å². The first kappa shape index (κ1) is 27.7. The average molecular weight is 553 g/mol. The molecule has 0 radical (unpaired) electrons. The Kier molecular flexibility index (Phi) is 8.74. The second kappa shape index (κ2) is 12.0. The average Bonchev–Trinajstić information content (AvgIpc) is 3.24. The predicted molar refractivity (Wildman–Crippen MR) is 153 cm³/mol. The third-order valence-electron chi connectivity index (χ3n) is 6.50. The number of carbonyl (C=O) groups is 1. The van der Waals surface area contributed by atoms with Crippen LogP contribution in [0.25, 0.3) is 16.7 Å². The van der Waals surface area contributed by atoms with E-state index in [1.54, 1.807) is 12.1 Å². The van der Waals surface area contributed by atoms with Crippen molar-refractivity contribution in [1.82, 2.24) is 19.6 Å². The van der Waals surface area contributed by atoms with Crippen LogP contribution in [0.5, 0.6) is 0 Å². The highest BCUT2D eigenvalue weighted by Gasteiger charge is 2.20. The molecule has 2 N–H and O–H groups in total. The fourth-order valence-electron chi connectivity index (χ4n) is 4.37. The van der Waals surface area contributed by atoms with Gasteiger partial charge in [0.05, 0.1) is 15.9 Å². The van der Waals surface area contributed by atoms with E-state index in [1.807, 2.05) is 56.3 Å². The van der Waals surface area contributed by atoms with Gasteiger partial charge < -0.3 is 5.32 Å². The number of benzene rings is 3. The summed E-state index contributed by atoms with van der Waals surface area (Å²) in [6.45, 7) is 5.98. The van der Waals surface area contributed by atoms with Gasteiger partial charge in [0, 0.05) is 23.2 Å². The van der Waals surface area contributed by atoms with Crippen LogP contribution in [0.15, 0.2) is 71.6 Å². The molecule has 4 rings (SSSR count). The maximum Gasteiger partial charge on any atom is 0.328 e. The summed E-state index contributed by atoms with van der Waals surface area (Å²) in [4.78, 5) is 17.4. The van der Waals surface area contributed by atoms with Crippen LogP contribution in [0, 0.1) is 6.92 Å². The first-order valence-electron chi connectivity index (χ1n) is 12.9. The zero-order valence-electron chi connectivity index (χ0n) is 21.9. The van der Waals surface area contributed by atoms with E-state index in [1.165, 1.54) is 12.1 Å². The van der Waals surface area contributed by atoms with Crippen molar-refractivity contribution in [3.8, 4) is 5.69 Å². The van der Waals surface area contributed by atoms with Gasteiger partial charge in [0.1, 0.15) is 5.82 Å². The molecule has 0 aliphatic rings. The van der Waals surface area contributed by atoms with Gasteiger partial charge in [-0.05, 0) is 74.2 Å². The highest BCUT2D eigenvalue weighted by Crippen LogP contribution is 2.26. The number of unbranched alkanes of at least 4 members (excludes halogenated alkanes) is 1. The molecule has 0 aliphatic heterocycles. The lowest BCUT2D eigenvalue weighted by molar-refractivity contribution is 0.241. The number of carbonyl (C=O) groups excluding carboxylic acids is 1. The molecule has 1 heterocycles. The van der Waals surface area contributed by atoms with E-state index in [0.29, 0.717) is 17.9 Å². The Morgan fingerprint density at radius 2 is 1.74 bits per heavy atom. The molecule has 4 aromatic rings. The summed E-state index contributed by atoms with van der Waals surface area (Å²) in [7, 11) is -3.95. The van der Waals surface area contributed by atoms with Gasteiger partial charge >= 0.3 is 6.03 Å². The monoisotopic (exact) mass is 552 g/mol. The number of nitrogens with zero attached hydrogens (tertiary/aromatic N) is 2. The number of rotatable bonds is 10. The van der Waals surface area contributed by atoms with E-state index in [4.69, 9.17) is 16.6 Å². The number of hydrogen-bond donors (Lipinski definition) is 2. The zero-order valence-corrected chi connectivity index (χ0v) is 23.4. The second-order valence-corrected chi connectivity index (χ2v) is 11.6. The predicted octanol–water partition coefficient (Wildman–Crippen LogP) is 6.34. The van der Waals surface area contributed by atoms with Crippen molar-refractivity contribution in [2.45, 2.75) is 63.8 Å². The number of hydrogen-bond acceptors (Lipinski definition) is 4. The molecule has 0 aliphatic carbocycles. The Morgan fingerprint density at radius 1 is 1.03 bits per heavy atom. The molecule has 38 heavy (non-hydrogen) atoms. The topological polar surface area (TPSA) is 93.1 Å². The van der Waals surface area contributed by atoms with Crippen LogP contribution in [-0.4, -0.2) is 30.0 Å². The molecule has 2 amide bonds. The lowest BCUT2D eigenvalue weighted by atomic mass is 10.0. The van der Waals surface area contributed by atoms with Gasteiger partial charge in [-0.25, -0.2) is 22.9 Å². The number of aryl methyl sites for hydroxylation is 2. The van der Waals surface area contributed by atoms with Crippen molar-refractivity contribution in [1.29, 1.82) is 0 Å². The number of urea groups is 1. The quantitative estimate of drug-likeness (QED) is 0.240. The van der Waals surface area contributed by atoms with E-state index in [0.717, 1.165) is 52.9 Å². The number of aromatic nitrogens is 2. The molecule has 0 saturated carbocycles. The van der Waals surface area contributed by atoms with Gasteiger partial charge in [-0.1, -0.05) is 61.7 Å². The molecular formula is C29H33ClN4O3S. The third kappa shape index (κ3) is 6.55. The standard InChI is InChI=1S/C29H33ClN4O3S/c1-4-6-7-28-32-26-17-12-22(30)19-27(26)34(28)24-13-10-21(11-14-24)18-23(5-2)31-29(35)33-38(36,37)25-15-8-20(3)9-16-25/h8-17,19,23H,4-7,18H2,1-3H3,(H2,31,33,35). The number of amides is 2. The number of halogens is 1. The number of sulfonamides is 1. The molecule has 1 aromatic heterocycles. The molecule has 0 bridgehead atoms. The normalized spacial score (nSPS) is 12.4. The van der Waals surface area contributed by atoms with Gasteiger partial charge in [0.15, 0.2) is 0 Å². The minimum absolute atomic E-state index is 0.0495. The Bertz CT molecular complexity index is 1510. The van der Waals surface area contributed by atoms with Gasteiger partial charge in [-0.3, -0.25) is 4.57 Å². The van der Waals surface area contributed by atoms with Crippen LogP contribution in [-0.2, 0) is 22.9 Å². The summed E-state index contributed by atoms with van der Waals surface area (Å²) in [5.74, 6) is 0.997. The Balaban J connectivity index is 1.47.